The minimum Gasteiger partial charge on any atom is -0.489 e. The number of anilines is 2. The molecule has 0 bridgehead atoms. The van der Waals surface area contributed by atoms with E-state index in [0.29, 0.717) is 27.8 Å². The number of nitrogens with zero attached hydrogens (tertiary/aromatic N) is 2. The van der Waals surface area contributed by atoms with E-state index in [1.165, 1.54) is 36.8 Å². The average Bonchev–Trinajstić information content (AvgIpc) is 3.16. The SMILES string of the molecule is COC(=O)c1ccc(-c2csc(Nc3cc(S(N)(=O)=O)ccc3OC(C)C)n2)cn1. The van der Waals surface area contributed by atoms with Crippen LogP contribution in [-0.2, 0) is 14.8 Å². The quantitative estimate of drug-likeness (QED) is 0.527. The van der Waals surface area contributed by atoms with Gasteiger partial charge in [0.25, 0.3) is 0 Å². The molecule has 0 saturated heterocycles. The number of thiazole rings is 1. The first-order valence-corrected chi connectivity index (χ1v) is 11.2. The second kappa shape index (κ2) is 8.78. The van der Waals surface area contributed by atoms with Crippen molar-refractivity contribution in [1.82, 2.24) is 9.97 Å². The van der Waals surface area contributed by atoms with Crippen molar-refractivity contribution in [3.63, 3.8) is 0 Å². The van der Waals surface area contributed by atoms with Crippen molar-refractivity contribution in [3.05, 3.63) is 47.6 Å². The van der Waals surface area contributed by atoms with Crippen molar-refractivity contribution in [2.75, 3.05) is 12.4 Å². The number of rotatable bonds is 7. The molecule has 3 rings (SSSR count). The number of ether oxygens (including phenoxy) is 2. The number of esters is 1. The summed E-state index contributed by atoms with van der Waals surface area (Å²) in [5, 5.41) is 10.7. The van der Waals surface area contributed by atoms with Gasteiger partial charge in [0, 0.05) is 17.1 Å². The zero-order chi connectivity index (χ0) is 21.9. The van der Waals surface area contributed by atoms with Crippen LogP contribution in [0.5, 0.6) is 5.75 Å². The van der Waals surface area contributed by atoms with Crippen molar-refractivity contribution in [2.45, 2.75) is 24.8 Å². The molecule has 3 aromatic rings. The molecule has 158 valence electrons. The van der Waals surface area contributed by atoms with E-state index in [4.69, 9.17) is 9.88 Å². The zero-order valence-corrected chi connectivity index (χ0v) is 18.1. The number of hydrogen-bond donors (Lipinski definition) is 2. The Bertz CT molecular complexity index is 1160. The van der Waals surface area contributed by atoms with Crippen LogP contribution in [0.3, 0.4) is 0 Å². The Balaban J connectivity index is 1.88. The molecule has 0 saturated carbocycles. The van der Waals surface area contributed by atoms with Crippen molar-refractivity contribution < 1.29 is 22.7 Å². The number of hydrogen-bond acceptors (Lipinski definition) is 9. The molecule has 0 aliphatic heterocycles. The van der Waals surface area contributed by atoms with Gasteiger partial charge in [-0.2, -0.15) is 0 Å². The van der Waals surface area contributed by atoms with Crippen LogP contribution >= 0.6 is 11.3 Å². The van der Waals surface area contributed by atoms with Crippen LogP contribution in [0.1, 0.15) is 24.3 Å². The monoisotopic (exact) mass is 448 g/mol. The van der Waals surface area contributed by atoms with Gasteiger partial charge in [-0.15, -0.1) is 11.3 Å². The average molecular weight is 449 g/mol. The Labute approximate surface area is 177 Å². The predicted octanol–water partition coefficient (Wildman–Crippen LogP) is 3.17. The van der Waals surface area contributed by atoms with Gasteiger partial charge in [0.05, 0.1) is 29.5 Å². The summed E-state index contributed by atoms with van der Waals surface area (Å²) in [7, 11) is -2.58. The van der Waals surface area contributed by atoms with Crippen molar-refractivity contribution in [1.29, 1.82) is 0 Å². The normalized spacial score (nSPS) is 11.4. The summed E-state index contributed by atoms with van der Waals surface area (Å²) in [5.74, 6) is -0.0483. The highest BCUT2D eigenvalue weighted by Crippen LogP contribution is 2.33. The molecule has 3 N–H and O–H groups in total. The van der Waals surface area contributed by atoms with Crippen LogP contribution in [0.4, 0.5) is 10.8 Å². The molecular formula is C19H20N4O5S2. The first-order chi connectivity index (χ1) is 14.2. The summed E-state index contributed by atoms with van der Waals surface area (Å²) in [6.07, 6.45) is 1.41. The largest absolute Gasteiger partial charge is 0.489 e. The van der Waals surface area contributed by atoms with E-state index in [-0.39, 0.29) is 16.7 Å². The Morgan fingerprint density at radius 1 is 1.23 bits per heavy atom. The molecule has 11 heteroatoms. The van der Waals surface area contributed by atoms with E-state index in [9.17, 15) is 13.2 Å². The van der Waals surface area contributed by atoms with Crippen LogP contribution < -0.4 is 15.2 Å². The van der Waals surface area contributed by atoms with E-state index in [1.54, 1.807) is 18.2 Å². The first-order valence-electron chi connectivity index (χ1n) is 8.78. The highest BCUT2D eigenvalue weighted by Gasteiger charge is 2.15. The minimum atomic E-state index is -3.87. The molecule has 0 aliphatic rings. The highest BCUT2D eigenvalue weighted by molar-refractivity contribution is 7.89. The summed E-state index contributed by atoms with van der Waals surface area (Å²) in [6, 6.07) is 7.61. The van der Waals surface area contributed by atoms with Crippen LogP contribution in [0, 0.1) is 0 Å². The van der Waals surface area contributed by atoms with Crippen molar-refractivity contribution >= 4 is 38.1 Å². The van der Waals surface area contributed by atoms with Crippen LogP contribution in [-0.4, -0.2) is 37.6 Å². The molecule has 0 spiro atoms. The van der Waals surface area contributed by atoms with E-state index in [2.05, 4.69) is 20.0 Å². The third-order valence-corrected chi connectivity index (χ3v) is 5.51. The van der Waals surface area contributed by atoms with Gasteiger partial charge < -0.3 is 14.8 Å². The molecule has 2 heterocycles. The number of sulfonamides is 1. The fraction of sp³-hybridized carbons (Fsp3) is 0.211. The third kappa shape index (κ3) is 5.12. The fourth-order valence-electron chi connectivity index (χ4n) is 2.49. The molecule has 2 aromatic heterocycles. The number of nitrogens with one attached hydrogen (secondary N) is 1. The van der Waals surface area contributed by atoms with Gasteiger partial charge in [0.2, 0.25) is 10.0 Å². The lowest BCUT2D eigenvalue weighted by Gasteiger charge is -2.15. The maximum atomic E-state index is 11.7. The number of aromatic nitrogens is 2. The standard InChI is InChI=1S/C19H20N4O5S2/c1-11(2)28-17-7-5-13(30(20,25)26)8-15(17)22-19-23-16(10-29-19)12-4-6-14(21-9-12)18(24)27-3/h4-11H,1-3H3,(H,22,23)(H2,20,25,26). The number of pyridine rings is 1. The maximum Gasteiger partial charge on any atom is 0.356 e. The zero-order valence-electron chi connectivity index (χ0n) is 16.4. The predicted molar refractivity (Wildman–Crippen MR) is 114 cm³/mol. The second-order valence-electron chi connectivity index (χ2n) is 6.46. The smallest absolute Gasteiger partial charge is 0.356 e. The number of benzene rings is 1. The Kier molecular flexibility index (Phi) is 6.34. The van der Waals surface area contributed by atoms with Gasteiger partial charge >= 0.3 is 5.97 Å². The van der Waals surface area contributed by atoms with Crippen LogP contribution in [0.15, 0.2) is 46.8 Å². The molecular weight excluding hydrogens is 428 g/mol. The number of carbonyl (C=O) groups excluding carboxylic acids is 1. The van der Waals surface area contributed by atoms with Gasteiger partial charge in [0.1, 0.15) is 11.4 Å². The summed E-state index contributed by atoms with van der Waals surface area (Å²) < 4.78 is 33.8. The van der Waals surface area contributed by atoms with Gasteiger partial charge in [-0.1, -0.05) is 0 Å². The molecule has 0 amide bonds. The summed E-state index contributed by atoms with van der Waals surface area (Å²) in [6.45, 7) is 3.73. The third-order valence-electron chi connectivity index (χ3n) is 3.84. The van der Waals surface area contributed by atoms with Crippen LogP contribution in [0.2, 0.25) is 0 Å². The molecule has 0 unspecified atom stereocenters. The second-order valence-corrected chi connectivity index (χ2v) is 8.88. The lowest BCUT2D eigenvalue weighted by Crippen LogP contribution is -2.13. The number of nitrogens with two attached hydrogens (primary N) is 1. The van der Waals surface area contributed by atoms with E-state index >= 15 is 0 Å². The lowest BCUT2D eigenvalue weighted by atomic mass is 10.2. The van der Waals surface area contributed by atoms with Gasteiger partial charge in [-0.25, -0.2) is 28.3 Å². The molecule has 1 aromatic carbocycles. The summed E-state index contributed by atoms with van der Waals surface area (Å²) >= 11 is 1.32. The number of primary sulfonamides is 1. The maximum absolute atomic E-state index is 11.7. The van der Waals surface area contributed by atoms with Gasteiger partial charge in [0.15, 0.2) is 5.13 Å². The Hall–Kier alpha value is -3.02. The van der Waals surface area contributed by atoms with Crippen molar-refractivity contribution in [2.24, 2.45) is 5.14 Å². The van der Waals surface area contributed by atoms with E-state index in [1.807, 2.05) is 19.2 Å². The number of carbonyl (C=O) groups is 1. The minimum absolute atomic E-state index is 0.0412. The summed E-state index contributed by atoms with van der Waals surface area (Å²) in [5.41, 5.74) is 1.98. The van der Waals surface area contributed by atoms with Crippen LogP contribution in [0.25, 0.3) is 11.3 Å². The Morgan fingerprint density at radius 3 is 2.60 bits per heavy atom. The molecule has 0 fully saturated rings. The molecule has 0 aliphatic carbocycles. The Morgan fingerprint density at radius 2 is 2.00 bits per heavy atom. The highest BCUT2D eigenvalue weighted by atomic mass is 32.2. The molecule has 0 atom stereocenters. The molecule has 0 radical (unpaired) electrons. The van der Waals surface area contributed by atoms with E-state index < -0.39 is 16.0 Å². The summed E-state index contributed by atoms with van der Waals surface area (Å²) in [4.78, 5) is 20.0. The lowest BCUT2D eigenvalue weighted by molar-refractivity contribution is 0.0594. The first kappa shape index (κ1) is 21.7. The fourth-order valence-corrected chi connectivity index (χ4v) is 3.76. The van der Waals surface area contributed by atoms with Crippen molar-refractivity contribution in [3.8, 4) is 17.0 Å². The van der Waals surface area contributed by atoms with Gasteiger partial charge in [-0.3, -0.25) is 0 Å². The number of methoxy groups -OCH3 is 1. The molecule has 9 nitrogen and oxygen atoms in total. The van der Waals surface area contributed by atoms with Gasteiger partial charge in [-0.05, 0) is 44.2 Å². The van der Waals surface area contributed by atoms with E-state index in [0.717, 1.165) is 0 Å². The molecule has 30 heavy (non-hydrogen) atoms. The topological polar surface area (TPSA) is 134 Å².